The molecule has 0 saturated heterocycles. The summed E-state index contributed by atoms with van der Waals surface area (Å²) < 4.78 is 0. The number of H-pyrrole nitrogens is 1. The second-order valence-electron chi connectivity index (χ2n) is 3.65. The normalized spacial score (nSPS) is 22.9. The molecule has 0 saturated carbocycles. The molecular weight excluding hydrogens is 206 g/mol. The van der Waals surface area contributed by atoms with Gasteiger partial charge in [0.05, 0.1) is 0 Å². The van der Waals surface area contributed by atoms with Crippen molar-refractivity contribution in [2.24, 2.45) is 0 Å². The number of hydrogen-bond acceptors (Lipinski definition) is 3. The van der Waals surface area contributed by atoms with Crippen molar-refractivity contribution in [2.45, 2.75) is 5.72 Å². The number of nitrogens with one attached hydrogen (secondary N) is 2. The van der Waals surface area contributed by atoms with Gasteiger partial charge >= 0.3 is 0 Å². The molecule has 5 nitrogen and oxygen atoms in total. The molecule has 2 heterocycles. The minimum Gasteiger partial charge on any atom is -0.361 e. The van der Waals surface area contributed by atoms with Crippen molar-refractivity contribution < 1.29 is 9.90 Å². The molecule has 0 bridgehead atoms. The van der Waals surface area contributed by atoms with Gasteiger partial charge in [-0.1, -0.05) is 18.2 Å². The Bertz CT molecular complexity index is 550. The largest absolute Gasteiger partial charge is 0.361 e. The van der Waals surface area contributed by atoms with Crippen LogP contribution in [-0.2, 0) is 5.72 Å². The Hall–Kier alpha value is -2.14. The number of benzene rings is 1. The van der Waals surface area contributed by atoms with E-state index in [1.54, 1.807) is 30.5 Å². The first-order valence-corrected chi connectivity index (χ1v) is 4.86. The molecule has 5 heteroatoms. The zero-order valence-corrected chi connectivity index (χ0v) is 8.27. The fourth-order valence-electron chi connectivity index (χ4n) is 1.95. The van der Waals surface area contributed by atoms with Crippen molar-refractivity contribution in [3.8, 4) is 0 Å². The van der Waals surface area contributed by atoms with Crippen LogP contribution in [0.1, 0.15) is 21.7 Å². The van der Waals surface area contributed by atoms with E-state index in [-0.39, 0.29) is 5.91 Å². The average Bonchev–Trinajstić information content (AvgIpc) is 2.89. The van der Waals surface area contributed by atoms with Gasteiger partial charge in [-0.2, -0.15) is 0 Å². The summed E-state index contributed by atoms with van der Waals surface area (Å²) in [5.41, 5.74) is -0.548. The molecule has 1 aliphatic rings. The van der Waals surface area contributed by atoms with Crippen LogP contribution in [0, 0.1) is 0 Å². The lowest BCUT2D eigenvalue weighted by Crippen LogP contribution is -2.41. The highest BCUT2D eigenvalue weighted by Gasteiger charge is 2.44. The van der Waals surface area contributed by atoms with Gasteiger partial charge < -0.3 is 15.4 Å². The second kappa shape index (κ2) is 2.93. The monoisotopic (exact) mass is 215 g/mol. The first kappa shape index (κ1) is 9.11. The molecule has 0 unspecified atom stereocenters. The van der Waals surface area contributed by atoms with E-state index in [2.05, 4.69) is 15.3 Å². The number of aliphatic hydroxyl groups is 1. The Morgan fingerprint density at radius 3 is 2.88 bits per heavy atom. The first-order valence-electron chi connectivity index (χ1n) is 4.86. The van der Waals surface area contributed by atoms with E-state index in [1.807, 2.05) is 0 Å². The van der Waals surface area contributed by atoms with Crippen molar-refractivity contribution in [2.75, 3.05) is 0 Å². The molecule has 0 spiro atoms. The van der Waals surface area contributed by atoms with Gasteiger partial charge in [0.15, 0.2) is 5.82 Å². The quantitative estimate of drug-likeness (QED) is 0.642. The number of aromatic nitrogens is 2. The van der Waals surface area contributed by atoms with E-state index in [9.17, 15) is 9.90 Å². The number of carbonyl (C=O) groups is 1. The van der Waals surface area contributed by atoms with E-state index in [0.717, 1.165) is 0 Å². The minimum absolute atomic E-state index is 0.297. The Balaban J connectivity index is 2.23. The summed E-state index contributed by atoms with van der Waals surface area (Å²) in [5, 5.41) is 13.0. The number of rotatable bonds is 1. The van der Waals surface area contributed by atoms with Crippen LogP contribution in [0.25, 0.3) is 0 Å². The predicted molar refractivity (Wildman–Crippen MR) is 55.5 cm³/mol. The highest BCUT2D eigenvalue weighted by atomic mass is 16.3. The fourth-order valence-corrected chi connectivity index (χ4v) is 1.95. The standard InChI is InChI=1S/C11H9N3O2/c15-9-7-3-1-2-4-8(7)11(16,14-9)10-12-5-6-13-10/h1-6,16H,(H,12,13)(H,14,15)/t11-/m0/s1. The molecule has 1 atom stereocenters. The summed E-state index contributed by atoms with van der Waals surface area (Å²) in [6.07, 6.45) is 3.13. The van der Waals surface area contributed by atoms with Gasteiger partial charge in [0, 0.05) is 23.5 Å². The predicted octanol–water partition coefficient (Wildman–Crippen LogP) is 0.346. The molecule has 1 amide bonds. The number of amides is 1. The Kier molecular flexibility index (Phi) is 1.67. The SMILES string of the molecule is O=C1N[C@@](O)(c2ncc[nH]2)c2ccccc21. The molecule has 16 heavy (non-hydrogen) atoms. The third-order valence-electron chi connectivity index (χ3n) is 2.70. The summed E-state index contributed by atoms with van der Waals surface area (Å²) in [5.74, 6) is 0.0142. The van der Waals surface area contributed by atoms with Crippen molar-refractivity contribution in [1.82, 2.24) is 15.3 Å². The molecule has 1 aliphatic heterocycles. The van der Waals surface area contributed by atoms with Gasteiger partial charge in [0.2, 0.25) is 5.72 Å². The fraction of sp³-hybridized carbons (Fsp3) is 0.0909. The molecule has 3 N–H and O–H groups in total. The summed E-state index contributed by atoms with van der Waals surface area (Å²) in [7, 11) is 0. The van der Waals surface area contributed by atoms with Gasteiger partial charge in [-0.15, -0.1) is 0 Å². The van der Waals surface area contributed by atoms with Crippen LogP contribution in [0.3, 0.4) is 0 Å². The van der Waals surface area contributed by atoms with Gasteiger partial charge in [-0.05, 0) is 6.07 Å². The van der Waals surface area contributed by atoms with Crippen LogP contribution < -0.4 is 5.32 Å². The number of aromatic amines is 1. The number of carbonyl (C=O) groups excluding carboxylic acids is 1. The van der Waals surface area contributed by atoms with Crippen LogP contribution in [0.5, 0.6) is 0 Å². The lowest BCUT2D eigenvalue weighted by atomic mass is 10.0. The van der Waals surface area contributed by atoms with Crippen molar-refractivity contribution in [3.63, 3.8) is 0 Å². The van der Waals surface area contributed by atoms with Crippen LogP contribution in [0.2, 0.25) is 0 Å². The molecule has 1 aromatic carbocycles. The molecule has 0 radical (unpaired) electrons. The number of hydrogen-bond donors (Lipinski definition) is 3. The molecule has 2 aromatic rings. The van der Waals surface area contributed by atoms with Crippen LogP contribution in [0.4, 0.5) is 0 Å². The lowest BCUT2D eigenvalue weighted by molar-refractivity contribution is 0.0415. The van der Waals surface area contributed by atoms with Crippen molar-refractivity contribution in [1.29, 1.82) is 0 Å². The third-order valence-corrected chi connectivity index (χ3v) is 2.70. The summed E-state index contributed by atoms with van der Waals surface area (Å²) >= 11 is 0. The van der Waals surface area contributed by atoms with E-state index in [1.165, 1.54) is 6.20 Å². The summed E-state index contributed by atoms with van der Waals surface area (Å²) in [6.45, 7) is 0. The van der Waals surface area contributed by atoms with Gasteiger partial charge in [-0.3, -0.25) is 4.79 Å². The maximum Gasteiger partial charge on any atom is 0.254 e. The Labute approximate surface area is 91.1 Å². The van der Waals surface area contributed by atoms with E-state index in [0.29, 0.717) is 17.0 Å². The number of fused-ring (bicyclic) bond motifs is 1. The lowest BCUT2D eigenvalue weighted by Gasteiger charge is -2.20. The highest BCUT2D eigenvalue weighted by molar-refractivity contribution is 6.00. The van der Waals surface area contributed by atoms with Crippen molar-refractivity contribution in [3.05, 3.63) is 53.6 Å². The van der Waals surface area contributed by atoms with Gasteiger partial charge in [0.1, 0.15) is 0 Å². The number of imidazole rings is 1. The summed E-state index contributed by atoms with van der Waals surface area (Å²) in [6, 6.07) is 6.90. The molecule has 80 valence electrons. The smallest absolute Gasteiger partial charge is 0.254 e. The topological polar surface area (TPSA) is 78.0 Å². The van der Waals surface area contributed by atoms with Crippen LogP contribution in [-0.4, -0.2) is 21.0 Å². The molecular formula is C11H9N3O2. The molecule has 0 aliphatic carbocycles. The van der Waals surface area contributed by atoms with Crippen LogP contribution in [0.15, 0.2) is 36.7 Å². The van der Waals surface area contributed by atoms with E-state index < -0.39 is 5.72 Å². The third kappa shape index (κ3) is 1.03. The average molecular weight is 215 g/mol. The molecule has 3 rings (SSSR count). The number of nitrogens with zero attached hydrogens (tertiary/aromatic N) is 1. The van der Waals surface area contributed by atoms with Crippen LogP contribution >= 0.6 is 0 Å². The van der Waals surface area contributed by atoms with Crippen molar-refractivity contribution >= 4 is 5.91 Å². The Morgan fingerprint density at radius 1 is 1.31 bits per heavy atom. The van der Waals surface area contributed by atoms with E-state index >= 15 is 0 Å². The Morgan fingerprint density at radius 2 is 2.12 bits per heavy atom. The maximum atomic E-state index is 11.7. The van der Waals surface area contributed by atoms with E-state index in [4.69, 9.17) is 0 Å². The van der Waals surface area contributed by atoms with Gasteiger partial charge in [-0.25, -0.2) is 4.98 Å². The first-order chi connectivity index (χ1) is 7.72. The zero-order chi connectivity index (χ0) is 11.2. The zero-order valence-electron chi connectivity index (χ0n) is 8.27. The molecule has 1 aromatic heterocycles. The summed E-state index contributed by atoms with van der Waals surface area (Å²) in [4.78, 5) is 18.5. The minimum atomic E-state index is -1.54. The highest BCUT2D eigenvalue weighted by Crippen LogP contribution is 2.32. The molecule has 0 fully saturated rings. The van der Waals surface area contributed by atoms with Gasteiger partial charge in [0.25, 0.3) is 5.91 Å². The second-order valence-corrected chi connectivity index (χ2v) is 3.65. The maximum absolute atomic E-state index is 11.7.